The minimum absolute atomic E-state index is 0.420. The van der Waals surface area contributed by atoms with E-state index in [1.807, 2.05) is 30.3 Å². The Balaban J connectivity index is 1.61. The van der Waals surface area contributed by atoms with E-state index < -0.39 is 0 Å². The van der Waals surface area contributed by atoms with Crippen LogP contribution in [0.5, 0.6) is 0 Å². The fourth-order valence-electron chi connectivity index (χ4n) is 2.63. The van der Waals surface area contributed by atoms with Gasteiger partial charge in [-0.3, -0.25) is 4.90 Å². The zero-order chi connectivity index (χ0) is 13.8. The highest BCUT2D eigenvalue weighted by Gasteiger charge is 2.19. The molecule has 0 N–H and O–H groups in total. The van der Waals surface area contributed by atoms with Gasteiger partial charge in [0.25, 0.3) is 0 Å². The third-order valence-corrected chi connectivity index (χ3v) is 3.83. The Morgan fingerprint density at radius 3 is 2.70 bits per heavy atom. The highest BCUT2D eigenvalue weighted by Crippen LogP contribution is 2.20. The van der Waals surface area contributed by atoms with Crippen molar-refractivity contribution in [3.63, 3.8) is 0 Å². The number of nitrogens with zero attached hydrogens (tertiary/aromatic N) is 2. The van der Waals surface area contributed by atoms with Crippen LogP contribution in [0.25, 0.3) is 11.5 Å². The molecule has 1 aliphatic heterocycles. The van der Waals surface area contributed by atoms with Crippen LogP contribution in [0.1, 0.15) is 18.5 Å². The van der Waals surface area contributed by atoms with Crippen molar-refractivity contribution in [2.45, 2.75) is 25.5 Å². The number of benzene rings is 1. The van der Waals surface area contributed by atoms with Crippen LogP contribution in [0.2, 0.25) is 0 Å². The molecule has 3 rings (SSSR count). The number of hydrogen-bond donors (Lipinski definition) is 0. The van der Waals surface area contributed by atoms with Crippen LogP contribution in [-0.2, 0) is 11.3 Å². The molecule has 1 saturated heterocycles. The molecule has 0 aliphatic carbocycles. The lowest BCUT2D eigenvalue weighted by Gasteiger charge is -2.30. The van der Waals surface area contributed by atoms with E-state index in [-0.39, 0.29) is 0 Å². The third kappa shape index (κ3) is 3.08. The van der Waals surface area contributed by atoms with E-state index in [4.69, 9.17) is 9.15 Å². The van der Waals surface area contributed by atoms with E-state index in [9.17, 15) is 0 Å². The van der Waals surface area contributed by atoms with Crippen molar-refractivity contribution >= 4 is 0 Å². The summed E-state index contributed by atoms with van der Waals surface area (Å²) >= 11 is 0. The van der Waals surface area contributed by atoms with Crippen LogP contribution in [0, 0.1) is 0 Å². The lowest BCUT2D eigenvalue weighted by Crippen LogP contribution is -2.36. The van der Waals surface area contributed by atoms with Gasteiger partial charge in [0.2, 0.25) is 5.89 Å². The van der Waals surface area contributed by atoms with E-state index in [1.165, 1.54) is 0 Å². The monoisotopic (exact) mass is 272 g/mol. The second-order valence-corrected chi connectivity index (χ2v) is 5.22. The molecule has 0 amide bonds. The van der Waals surface area contributed by atoms with Crippen LogP contribution in [0.15, 0.2) is 41.0 Å². The molecular weight excluding hydrogens is 252 g/mol. The van der Waals surface area contributed by atoms with E-state index in [2.05, 4.69) is 9.88 Å². The molecule has 0 spiro atoms. The Bertz CT molecular complexity index is 530. The fourth-order valence-corrected chi connectivity index (χ4v) is 2.63. The van der Waals surface area contributed by atoms with Crippen molar-refractivity contribution in [3.05, 3.63) is 42.3 Å². The van der Waals surface area contributed by atoms with Gasteiger partial charge in [-0.1, -0.05) is 18.2 Å². The second kappa shape index (κ2) is 6.20. The van der Waals surface area contributed by atoms with Gasteiger partial charge >= 0.3 is 0 Å². The average Bonchev–Trinajstić information content (AvgIpc) is 2.97. The maximum atomic E-state index is 5.57. The largest absolute Gasteiger partial charge is 0.444 e. The molecule has 4 heteroatoms. The summed E-state index contributed by atoms with van der Waals surface area (Å²) in [6.45, 7) is 2.98. The molecule has 1 aromatic heterocycles. The second-order valence-electron chi connectivity index (χ2n) is 5.22. The summed E-state index contributed by atoms with van der Waals surface area (Å²) < 4.78 is 11.0. The first kappa shape index (κ1) is 13.3. The first-order valence-corrected chi connectivity index (χ1v) is 7.10. The van der Waals surface area contributed by atoms with Gasteiger partial charge in [0.1, 0.15) is 6.26 Å². The molecular formula is C16H20N2O2. The van der Waals surface area contributed by atoms with Gasteiger partial charge in [-0.25, -0.2) is 4.98 Å². The average molecular weight is 272 g/mol. The van der Waals surface area contributed by atoms with Crippen LogP contribution in [0.4, 0.5) is 0 Å². The van der Waals surface area contributed by atoms with Gasteiger partial charge in [-0.15, -0.1) is 0 Å². The van der Waals surface area contributed by atoms with Gasteiger partial charge in [0.05, 0.1) is 11.8 Å². The predicted octanol–water partition coefficient (Wildman–Crippen LogP) is 2.95. The summed E-state index contributed by atoms with van der Waals surface area (Å²) in [5.74, 6) is 0.701. The molecule has 0 saturated carbocycles. The van der Waals surface area contributed by atoms with Gasteiger partial charge in [0, 0.05) is 32.3 Å². The number of piperidine rings is 1. The Morgan fingerprint density at radius 1 is 1.25 bits per heavy atom. The van der Waals surface area contributed by atoms with E-state index in [1.54, 1.807) is 13.4 Å². The molecule has 1 aliphatic rings. The SMILES string of the molecule is COC1CCN(Cc2coc(-c3ccccc3)n2)CC1. The van der Waals surface area contributed by atoms with Gasteiger partial charge in [-0.05, 0) is 25.0 Å². The van der Waals surface area contributed by atoms with E-state index in [0.717, 1.165) is 43.7 Å². The summed E-state index contributed by atoms with van der Waals surface area (Å²) in [6, 6.07) is 10.0. The standard InChI is InChI=1S/C16H20N2O2/c1-19-15-7-9-18(10-8-15)11-14-12-20-16(17-14)13-5-3-2-4-6-13/h2-6,12,15H,7-11H2,1H3. The van der Waals surface area contributed by atoms with Crippen LogP contribution in [0.3, 0.4) is 0 Å². The number of likely N-dealkylation sites (tertiary alicyclic amines) is 1. The Labute approximate surface area is 119 Å². The molecule has 0 atom stereocenters. The molecule has 106 valence electrons. The topological polar surface area (TPSA) is 38.5 Å². The maximum absolute atomic E-state index is 5.57. The van der Waals surface area contributed by atoms with Crippen molar-refractivity contribution in [3.8, 4) is 11.5 Å². The highest BCUT2D eigenvalue weighted by molar-refractivity contribution is 5.52. The van der Waals surface area contributed by atoms with Gasteiger partial charge in [0.15, 0.2) is 0 Å². The molecule has 0 bridgehead atoms. The van der Waals surface area contributed by atoms with Gasteiger partial charge < -0.3 is 9.15 Å². The molecule has 2 heterocycles. The zero-order valence-electron chi connectivity index (χ0n) is 11.8. The number of aromatic nitrogens is 1. The fraction of sp³-hybridized carbons (Fsp3) is 0.438. The Kier molecular flexibility index (Phi) is 4.14. The molecule has 20 heavy (non-hydrogen) atoms. The number of oxazole rings is 1. The summed E-state index contributed by atoms with van der Waals surface area (Å²) in [5.41, 5.74) is 2.02. The smallest absolute Gasteiger partial charge is 0.226 e. The van der Waals surface area contributed by atoms with Crippen LogP contribution < -0.4 is 0 Å². The number of hydrogen-bond acceptors (Lipinski definition) is 4. The first-order valence-electron chi connectivity index (χ1n) is 7.10. The van der Waals surface area contributed by atoms with Crippen molar-refractivity contribution in [1.29, 1.82) is 0 Å². The molecule has 1 aromatic carbocycles. The summed E-state index contributed by atoms with van der Waals surface area (Å²) in [6.07, 6.45) is 4.38. The maximum Gasteiger partial charge on any atom is 0.226 e. The first-order chi connectivity index (χ1) is 9.85. The number of methoxy groups -OCH3 is 1. The summed E-state index contributed by atoms with van der Waals surface area (Å²) in [4.78, 5) is 6.98. The minimum Gasteiger partial charge on any atom is -0.444 e. The number of ether oxygens (including phenoxy) is 1. The third-order valence-electron chi connectivity index (χ3n) is 3.83. The van der Waals surface area contributed by atoms with Crippen molar-refractivity contribution in [2.75, 3.05) is 20.2 Å². The van der Waals surface area contributed by atoms with Crippen LogP contribution >= 0.6 is 0 Å². The van der Waals surface area contributed by atoms with E-state index in [0.29, 0.717) is 12.0 Å². The van der Waals surface area contributed by atoms with Crippen molar-refractivity contribution < 1.29 is 9.15 Å². The summed E-state index contributed by atoms with van der Waals surface area (Å²) in [7, 11) is 1.80. The minimum atomic E-state index is 0.420. The lowest BCUT2D eigenvalue weighted by molar-refractivity contribution is 0.0385. The van der Waals surface area contributed by atoms with Crippen LogP contribution in [-0.4, -0.2) is 36.2 Å². The van der Waals surface area contributed by atoms with Crippen molar-refractivity contribution in [1.82, 2.24) is 9.88 Å². The molecule has 4 nitrogen and oxygen atoms in total. The lowest BCUT2D eigenvalue weighted by atomic mass is 10.1. The van der Waals surface area contributed by atoms with Gasteiger partial charge in [-0.2, -0.15) is 0 Å². The quantitative estimate of drug-likeness (QED) is 0.857. The molecule has 0 radical (unpaired) electrons. The predicted molar refractivity (Wildman–Crippen MR) is 77.2 cm³/mol. The Morgan fingerprint density at radius 2 is 2.00 bits per heavy atom. The van der Waals surface area contributed by atoms with E-state index >= 15 is 0 Å². The Hall–Kier alpha value is -1.65. The van der Waals surface area contributed by atoms with Crippen molar-refractivity contribution in [2.24, 2.45) is 0 Å². The summed E-state index contributed by atoms with van der Waals surface area (Å²) in [5, 5.41) is 0. The molecule has 2 aromatic rings. The highest BCUT2D eigenvalue weighted by atomic mass is 16.5. The normalized spacial score (nSPS) is 17.4. The molecule has 1 fully saturated rings. The number of rotatable bonds is 4. The molecule has 0 unspecified atom stereocenters. The zero-order valence-corrected chi connectivity index (χ0v) is 11.8.